The highest BCUT2D eigenvalue weighted by atomic mass is 35.5. The van der Waals surface area contributed by atoms with Crippen LogP contribution in [0.3, 0.4) is 0 Å². The number of hydrogen-bond acceptors (Lipinski definition) is 6. The highest BCUT2D eigenvalue weighted by Crippen LogP contribution is 2.25. The molecule has 1 aliphatic heterocycles. The Morgan fingerprint density at radius 3 is 2.67 bits per heavy atom. The van der Waals surface area contributed by atoms with E-state index in [1.54, 1.807) is 0 Å². The van der Waals surface area contributed by atoms with Gasteiger partial charge in [-0.25, -0.2) is 14.4 Å². The lowest BCUT2D eigenvalue weighted by Gasteiger charge is -2.33. The van der Waals surface area contributed by atoms with Crippen LogP contribution in [0.15, 0.2) is 22.7 Å². The molecule has 0 atom stereocenters. The minimum absolute atomic E-state index is 0.162. The van der Waals surface area contributed by atoms with Gasteiger partial charge in [0.15, 0.2) is 11.4 Å². The van der Waals surface area contributed by atoms with E-state index < -0.39 is 22.7 Å². The molecule has 1 amide bonds. The zero-order valence-electron chi connectivity index (χ0n) is 14.2. The van der Waals surface area contributed by atoms with Gasteiger partial charge in [0.2, 0.25) is 5.65 Å². The van der Waals surface area contributed by atoms with Crippen LogP contribution in [0.5, 0.6) is 0 Å². The van der Waals surface area contributed by atoms with Gasteiger partial charge in [0.05, 0.1) is 10.6 Å². The average molecular weight is 394 g/mol. The Balaban J connectivity index is 1.48. The smallest absolute Gasteiger partial charge is 0.300 e. The van der Waals surface area contributed by atoms with Crippen molar-refractivity contribution in [3.63, 3.8) is 0 Å². The zero-order valence-corrected chi connectivity index (χ0v) is 15.0. The van der Waals surface area contributed by atoms with Crippen molar-refractivity contribution in [3.8, 4) is 0 Å². The monoisotopic (exact) mass is 393 g/mol. The van der Waals surface area contributed by atoms with Gasteiger partial charge in [0, 0.05) is 38.1 Å². The summed E-state index contributed by atoms with van der Waals surface area (Å²) in [5.74, 6) is -3.16. The number of oxazole rings is 1. The molecule has 1 fully saturated rings. The molecule has 3 aromatic heterocycles. The quantitative estimate of drug-likeness (QED) is 0.623. The lowest BCUT2D eigenvalue weighted by Crippen LogP contribution is -2.49. The van der Waals surface area contributed by atoms with Crippen LogP contribution in [-0.4, -0.2) is 51.9 Å². The van der Waals surface area contributed by atoms with Crippen molar-refractivity contribution in [1.82, 2.24) is 19.9 Å². The molecule has 0 aliphatic carbocycles. The van der Waals surface area contributed by atoms with Gasteiger partial charge in [-0.2, -0.15) is 9.37 Å². The lowest BCUT2D eigenvalue weighted by molar-refractivity contribution is 0.0744. The minimum Gasteiger partial charge on any atom is -0.422 e. The van der Waals surface area contributed by atoms with Crippen molar-refractivity contribution in [2.75, 3.05) is 31.1 Å². The highest BCUT2D eigenvalue weighted by molar-refractivity contribution is 6.33. The van der Waals surface area contributed by atoms with Crippen molar-refractivity contribution in [2.24, 2.45) is 0 Å². The maximum atomic E-state index is 13.6. The maximum absolute atomic E-state index is 13.6. The number of anilines is 1. The molecule has 3 aromatic rings. The van der Waals surface area contributed by atoms with Crippen LogP contribution >= 0.6 is 11.6 Å². The maximum Gasteiger partial charge on any atom is 0.300 e. The van der Waals surface area contributed by atoms with E-state index in [1.165, 1.54) is 4.90 Å². The third-order valence-electron chi connectivity index (χ3n) is 4.37. The number of halogens is 3. The second-order valence-electron chi connectivity index (χ2n) is 6.14. The van der Waals surface area contributed by atoms with Crippen LogP contribution in [0, 0.1) is 18.7 Å². The fourth-order valence-electron chi connectivity index (χ4n) is 2.90. The number of carbonyl (C=O) groups is 1. The lowest BCUT2D eigenvalue weighted by atomic mass is 10.2. The van der Waals surface area contributed by atoms with Gasteiger partial charge in [0.25, 0.3) is 17.9 Å². The highest BCUT2D eigenvalue weighted by Gasteiger charge is 2.28. The number of piperazine rings is 1. The van der Waals surface area contributed by atoms with Crippen LogP contribution in [0.25, 0.3) is 11.2 Å². The summed E-state index contributed by atoms with van der Waals surface area (Å²) in [6.07, 6.45) is 0.949. The normalized spacial score (nSPS) is 14.8. The van der Waals surface area contributed by atoms with Gasteiger partial charge in [-0.15, -0.1) is 0 Å². The Hall–Kier alpha value is -2.81. The molecule has 140 valence electrons. The van der Waals surface area contributed by atoms with Gasteiger partial charge in [-0.05, 0) is 19.1 Å². The first-order valence-electron chi connectivity index (χ1n) is 8.22. The van der Waals surface area contributed by atoms with Crippen LogP contribution in [0.2, 0.25) is 5.02 Å². The molecule has 1 saturated heterocycles. The molecule has 4 rings (SSSR count). The summed E-state index contributed by atoms with van der Waals surface area (Å²) in [6, 6.07) is 4.09. The molecule has 7 nitrogen and oxygen atoms in total. The first-order chi connectivity index (χ1) is 12.9. The van der Waals surface area contributed by atoms with Crippen LogP contribution in [-0.2, 0) is 0 Å². The van der Waals surface area contributed by atoms with Crippen molar-refractivity contribution in [2.45, 2.75) is 6.92 Å². The van der Waals surface area contributed by atoms with E-state index in [1.807, 2.05) is 24.0 Å². The summed E-state index contributed by atoms with van der Waals surface area (Å²) >= 11 is 5.75. The third-order valence-corrected chi connectivity index (χ3v) is 4.74. The summed E-state index contributed by atoms with van der Waals surface area (Å²) in [7, 11) is 0. The molecule has 0 spiro atoms. The molecule has 4 heterocycles. The van der Waals surface area contributed by atoms with Gasteiger partial charge in [-0.3, -0.25) is 4.79 Å². The Morgan fingerprint density at radius 2 is 1.93 bits per heavy atom. The summed E-state index contributed by atoms with van der Waals surface area (Å²) in [6.45, 7) is 3.49. The molecular formula is C17H14ClF2N5O2. The zero-order chi connectivity index (χ0) is 19.1. The molecule has 0 bridgehead atoms. The number of aryl methyl sites for hydroxylation is 1. The van der Waals surface area contributed by atoms with Crippen molar-refractivity contribution < 1.29 is 18.0 Å². The number of pyridine rings is 2. The standard InChI is InChI=1S/C17H14ClF2N5O2/c1-9-2-3-11-15(22-9)23-17(27-11)25-6-4-24(5-7-25)16(26)10-8-21-14(20)13(19)12(10)18/h2-3,8H,4-7H2,1H3. The fraction of sp³-hybridized carbons (Fsp3) is 0.294. The Morgan fingerprint density at radius 1 is 1.19 bits per heavy atom. The topological polar surface area (TPSA) is 75.4 Å². The number of carbonyl (C=O) groups excluding carboxylic acids is 1. The molecule has 10 heteroatoms. The summed E-state index contributed by atoms with van der Waals surface area (Å²) in [5.41, 5.74) is 1.80. The van der Waals surface area contributed by atoms with Crippen molar-refractivity contribution >= 4 is 34.8 Å². The second-order valence-corrected chi connectivity index (χ2v) is 6.52. The van der Waals surface area contributed by atoms with E-state index in [0.717, 1.165) is 11.9 Å². The van der Waals surface area contributed by atoms with Crippen LogP contribution < -0.4 is 4.90 Å². The molecule has 1 aliphatic rings. The van der Waals surface area contributed by atoms with E-state index in [9.17, 15) is 13.6 Å². The van der Waals surface area contributed by atoms with E-state index in [4.69, 9.17) is 16.0 Å². The Labute approximate surface area is 157 Å². The van der Waals surface area contributed by atoms with E-state index in [-0.39, 0.29) is 5.56 Å². The summed E-state index contributed by atoms with van der Waals surface area (Å²) in [4.78, 5) is 27.9. The predicted molar refractivity (Wildman–Crippen MR) is 93.8 cm³/mol. The molecule has 27 heavy (non-hydrogen) atoms. The number of amides is 1. The SMILES string of the molecule is Cc1ccc2oc(N3CCN(C(=O)c4cnc(F)c(F)c4Cl)CC3)nc2n1. The fourth-order valence-corrected chi connectivity index (χ4v) is 3.11. The molecule has 0 radical (unpaired) electrons. The Bertz CT molecular complexity index is 1030. The first-order valence-corrected chi connectivity index (χ1v) is 8.59. The number of hydrogen-bond donors (Lipinski definition) is 0. The van der Waals surface area contributed by atoms with Gasteiger partial charge in [0.1, 0.15) is 0 Å². The summed E-state index contributed by atoms with van der Waals surface area (Å²) in [5, 5.41) is -0.560. The Kier molecular flexibility index (Phi) is 4.39. The molecule has 0 unspecified atom stereocenters. The van der Waals surface area contributed by atoms with Crippen molar-refractivity contribution in [1.29, 1.82) is 0 Å². The summed E-state index contributed by atoms with van der Waals surface area (Å²) < 4.78 is 32.4. The van der Waals surface area contributed by atoms with E-state index in [0.29, 0.717) is 43.4 Å². The number of aromatic nitrogens is 3. The third kappa shape index (κ3) is 3.18. The molecule has 0 saturated carbocycles. The molecule has 0 N–H and O–H groups in total. The largest absolute Gasteiger partial charge is 0.422 e. The van der Waals surface area contributed by atoms with Gasteiger partial charge >= 0.3 is 0 Å². The van der Waals surface area contributed by atoms with Gasteiger partial charge in [-0.1, -0.05) is 11.6 Å². The van der Waals surface area contributed by atoms with Crippen LogP contribution in [0.1, 0.15) is 16.1 Å². The first kappa shape index (κ1) is 17.6. The van der Waals surface area contributed by atoms with E-state index in [2.05, 4.69) is 15.0 Å². The number of rotatable bonds is 2. The number of nitrogens with zero attached hydrogens (tertiary/aromatic N) is 5. The van der Waals surface area contributed by atoms with Crippen LogP contribution in [0.4, 0.5) is 14.8 Å². The van der Waals surface area contributed by atoms with Crippen molar-refractivity contribution in [3.05, 3.63) is 46.4 Å². The number of fused-ring (bicyclic) bond motifs is 1. The molecule has 0 aromatic carbocycles. The molecular weight excluding hydrogens is 380 g/mol. The second kappa shape index (κ2) is 6.73. The predicted octanol–water partition coefficient (Wildman–Crippen LogP) is 2.82. The average Bonchev–Trinajstić information content (AvgIpc) is 3.09. The minimum atomic E-state index is -1.33. The van der Waals surface area contributed by atoms with Gasteiger partial charge < -0.3 is 14.2 Å². The van der Waals surface area contributed by atoms with E-state index >= 15 is 0 Å².